The number of nitrogens with zero attached hydrogens (tertiary/aromatic N) is 2. The van der Waals surface area contributed by atoms with Crippen molar-refractivity contribution in [2.24, 2.45) is 0 Å². The minimum atomic E-state index is 0.330. The largest absolute Gasteiger partial charge is 0.395 e. The molecule has 2 fully saturated rings. The van der Waals surface area contributed by atoms with Crippen LogP contribution in [0.1, 0.15) is 58.3 Å². The third-order valence-corrected chi connectivity index (χ3v) is 4.37. The summed E-state index contributed by atoms with van der Waals surface area (Å²) in [4.78, 5) is 0. The van der Waals surface area contributed by atoms with Crippen molar-refractivity contribution >= 4 is 0 Å². The molecule has 2 saturated heterocycles. The highest BCUT2D eigenvalue weighted by Gasteiger charge is 2.33. The average molecular weight is 240 g/mol. The smallest absolute Gasteiger partial charge is 0.0600 e. The number of hydrogen-bond acceptors (Lipinski definition) is 3. The summed E-state index contributed by atoms with van der Waals surface area (Å²) in [5.74, 6) is 0. The molecular formula is C14H28N2O. The topological polar surface area (TPSA) is 26.7 Å². The number of aliphatic hydroxyl groups excluding tert-OH is 1. The van der Waals surface area contributed by atoms with E-state index in [9.17, 15) is 5.11 Å². The van der Waals surface area contributed by atoms with Crippen LogP contribution in [0.5, 0.6) is 0 Å². The van der Waals surface area contributed by atoms with Crippen molar-refractivity contribution in [1.82, 2.24) is 10.0 Å². The molecule has 0 amide bonds. The van der Waals surface area contributed by atoms with Crippen molar-refractivity contribution < 1.29 is 5.11 Å². The minimum absolute atomic E-state index is 0.330. The SMILES string of the molecule is CCCC[C@H]1CCCCN1N1CCC[C@H]1CO. The molecule has 3 nitrogen and oxygen atoms in total. The second-order valence-electron chi connectivity index (χ2n) is 5.60. The summed E-state index contributed by atoms with van der Waals surface area (Å²) >= 11 is 0. The summed E-state index contributed by atoms with van der Waals surface area (Å²) in [7, 11) is 0. The number of aliphatic hydroxyl groups is 1. The predicted octanol–water partition coefficient (Wildman–Crippen LogP) is 2.40. The fourth-order valence-corrected chi connectivity index (χ4v) is 3.40. The van der Waals surface area contributed by atoms with Crippen LogP contribution in [-0.4, -0.2) is 46.9 Å². The lowest BCUT2D eigenvalue weighted by Crippen LogP contribution is -2.53. The van der Waals surface area contributed by atoms with Crippen molar-refractivity contribution in [2.75, 3.05) is 19.7 Å². The van der Waals surface area contributed by atoms with Crippen LogP contribution in [0.4, 0.5) is 0 Å². The zero-order valence-corrected chi connectivity index (χ0v) is 11.3. The number of rotatable bonds is 5. The van der Waals surface area contributed by atoms with Gasteiger partial charge in [-0.2, -0.15) is 0 Å². The zero-order valence-electron chi connectivity index (χ0n) is 11.3. The van der Waals surface area contributed by atoms with E-state index in [0.29, 0.717) is 12.6 Å². The van der Waals surface area contributed by atoms with Gasteiger partial charge in [0.15, 0.2) is 0 Å². The van der Waals surface area contributed by atoms with E-state index in [1.165, 1.54) is 57.9 Å². The first-order valence-corrected chi connectivity index (χ1v) is 7.51. The molecule has 0 saturated carbocycles. The number of hydrogen-bond donors (Lipinski definition) is 1. The highest BCUT2D eigenvalue weighted by Crippen LogP contribution is 2.28. The zero-order chi connectivity index (χ0) is 12.1. The van der Waals surface area contributed by atoms with Crippen molar-refractivity contribution in [2.45, 2.75) is 70.4 Å². The standard InChI is InChI=1S/C14H28N2O/c1-2-3-7-13-8-4-5-10-15(13)16-11-6-9-14(16)12-17/h13-14,17H,2-12H2,1H3/t13-,14-/m0/s1. The maximum atomic E-state index is 9.46. The Kier molecular flexibility index (Phi) is 5.26. The predicted molar refractivity (Wildman–Crippen MR) is 70.7 cm³/mol. The average Bonchev–Trinajstić information content (AvgIpc) is 2.84. The summed E-state index contributed by atoms with van der Waals surface area (Å²) in [5.41, 5.74) is 0. The maximum Gasteiger partial charge on any atom is 0.0600 e. The van der Waals surface area contributed by atoms with E-state index in [2.05, 4.69) is 16.9 Å². The van der Waals surface area contributed by atoms with Gasteiger partial charge < -0.3 is 5.11 Å². The summed E-state index contributed by atoms with van der Waals surface area (Å²) in [6.07, 6.45) is 10.5. The second-order valence-corrected chi connectivity index (χ2v) is 5.60. The van der Waals surface area contributed by atoms with E-state index >= 15 is 0 Å². The summed E-state index contributed by atoms with van der Waals surface area (Å²) < 4.78 is 0. The van der Waals surface area contributed by atoms with E-state index < -0.39 is 0 Å². The van der Waals surface area contributed by atoms with E-state index in [1.54, 1.807) is 0 Å². The Labute approximate surface area is 106 Å². The van der Waals surface area contributed by atoms with E-state index in [-0.39, 0.29) is 0 Å². The van der Waals surface area contributed by atoms with Gasteiger partial charge >= 0.3 is 0 Å². The molecule has 2 atom stereocenters. The Morgan fingerprint density at radius 1 is 1.00 bits per heavy atom. The molecule has 1 N–H and O–H groups in total. The number of unbranched alkanes of at least 4 members (excludes halogenated alkanes) is 1. The first kappa shape index (κ1) is 13.3. The van der Waals surface area contributed by atoms with E-state index in [4.69, 9.17) is 0 Å². The molecule has 0 bridgehead atoms. The first-order chi connectivity index (χ1) is 8.36. The van der Waals surface area contributed by atoms with Gasteiger partial charge in [0.25, 0.3) is 0 Å². The van der Waals surface area contributed by atoms with Crippen LogP contribution in [0.3, 0.4) is 0 Å². The summed E-state index contributed by atoms with van der Waals surface area (Å²) in [5, 5.41) is 14.6. The Morgan fingerprint density at radius 2 is 1.71 bits per heavy atom. The first-order valence-electron chi connectivity index (χ1n) is 7.51. The summed E-state index contributed by atoms with van der Waals surface area (Å²) in [6.45, 7) is 4.98. The van der Waals surface area contributed by atoms with Gasteiger partial charge in [-0.15, -0.1) is 0 Å². The maximum absolute atomic E-state index is 9.46. The lowest BCUT2D eigenvalue weighted by atomic mass is 9.99. The highest BCUT2D eigenvalue weighted by molar-refractivity contribution is 4.83. The van der Waals surface area contributed by atoms with Crippen LogP contribution in [0, 0.1) is 0 Å². The van der Waals surface area contributed by atoms with Gasteiger partial charge in [-0.3, -0.25) is 0 Å². The van der Waals surface area contributed by atoms with Gasteiger partial charge in [-0.25, -0.2) is 10.0 Å². The summed E-state index contributed by atoms with van der Waals surface area (Å²) in [6, 6.07) is 1.15. The molecule has 0 aliphatic carbocycles. The number of piperidine rings is 1. The van der Waals surface area contributed by atoms with Crippen molar-refractivity contribution in [3.63, 3.8) is 0 Å². The molecule has 2 rings (SSSR count). The molecule has 3 heteroatoms. The lowest BCUT2D eigenvalue weighted by molar-refractivity contribution is -0.0988. The molecule has 2 aliphatic heterocycles. The molecule has 0 unspecified atom stereocenters. The van der Waals surface area contributed by atoms with Gasteiger partial charge in [0.1, 0.15) is 0 Å². The molecule has 17 heavy (non-hydrogen) atoms. The van der Waals surface area contributed by atoms with Crippen LogP contribution in [0.2, 0.25) is 0 Å². The molecule has 0 aromatic carbocycles. The van der Waals surface area contributed by atoms with Crippen LogP contribution in [0.25, 0.3) is 0 Å². The van der Waals surface area contributed by atoms with Gasteiger partial charge in [0.2, 0.25) is 0 Å². The van der Waals surface area contributed by atoms with Gasteiger partial charge in [0, 0.05) is 25.2 Å². The van der Waals surface area contributed by atoms with Gasteiger partial charge in [0.05, 0.1) is 6.61 Å². The molecule has 100 valence electrons. The normalized spacial score (nSPS) is 32.1. The quantitative estimate of drug-likeness (QED) is 0.799. The molecule has 0 radical (unpaired) electrons. The fraction of sp³-hybridized carbons (Fsp3) is 1.00. The Hall–Kier alpha value is -0.120. The van der Waals surface area contributed by atoms with Crippen molar-refractivity contribution in [3.8, 4) is 0 Å². The molecule has 2 heterocycles. The Morgan fingerprint density at radius 3 is 2.47 bits per heavy atom. The highest BCUT2D eigenvalue weighted by atomic mass is 16.3. The van der Waals surface area contributed by atoms with E-state index in [0.717, 1.165) is 12.6 Å². The van der Waals surface area contributed by atoms with E-state index in [1.807, 2.05) is 0 Å². The van der Waals surface area contributed by atoms with Gasteiger partial charge in [-0.05, 0) is 32.1 Å². The third kappa shape index (κ3) is 3.21. The van der Waals surface area contributed by atoms with Crippen LogP contribution < -0.4 is 0 Å². The van der Waals surface area contributed by atoms with Crippen LogP contribution in [-0.2, 0) is 0 Å². The third-order valence-electron chi connectivity index (χ3n) is 4.37. The molecule has 2 aliphatic rings. The van der Waals surface area contributed by atoms with Crippen LogP contribution >= 0.6 is 0 Å². The Bertz CT molecular complexity index is 222. The van der Waals surface area contributed by atoms with Crippen molar-refractivity contribution in [1.29, 1.82) is 0 Å². The number of hydrazine groups is 1. The molecule has 0 aromatic rings. The molecular weight excluding hydrogens is 212 g/mol. The van der Waals surface area contributed by atoms with Crippen molar-refractivity contribution in [3.05, 3.63) is 0 Å². The second kappa shape index (κ2) is 6.72. The van der Waals surface area contributed by atoms with Crippen LogP contribution in [0.15, 0.2) is 0 Å². The Balaban J connectivity index is 1.94. The monoisotopic (exact) mass is 240 g/mol. The molecule has 0 spiro atoms. The molecule has 0 aromatic heterocycles. The van der Waals surface area contributed by atoms with Gasteiger partial charge in [-0.1, -0.05) is 26.2 Å². The fourth-order valence-electron chi connectivity index (χ4n) is 3.40. The lowest BCUT2D eigenvalue weighted by Gasteiger charge is -2.44. The minimum Gasteiger partial charge on any atom is -0.395 e.